The van der Waals surface area contributed by atoms with Gasteiger partial charge < -0.3 is 0 Å². The number of rotatable bonds is 5. The molecule has 2 rings (SSSR count). The van der Waals surface area contributed by atoms with Crippen LogP contribution in [0.4, 0.5) is 0 Å². The molecule has 0 atom stereocenters. The van der Waals surface area contributed by atoms with E-state index in [9.17, 15) is 9.59 Å². The molecule has 0 saturated carbocycles. The fourth-order valence-corrected chi connectivity index (χ4v) is 4.06. The maximum atomic E-state index is 11.7. The highest BCUT2D eigenvalue weighted by molar-refractivity contribution is 8.76. The Balaban J connectivity index is 0.00000264. The quantitative estimate of drug-likeness (QED) is 0.262. The van der Waals surface area contributed by atoms with Crippen molar-refractivity contribution < 1.29 is 9.59 Å². The Bertz CT molecular complexity index is 644. The molecule has 0 radical (unpaired) electrons. The van der Waals surface area contributed by atoms with Gasteiger partial charge in [0.1, 0.15) is 0 Å². The van der Waals surface area contributed by atoms with Crippen molar-refractivity contribution in [2.45, 2.75) is 9.79 Å². The highest BCUT2D eigenvalue weighted by atomic mass is 35.5. The third-order valence-electron chi connectivity index (χ3n) is 2.75. The standard InChI is InChI=1S/C14H14N4O2S2.2ClH/c15-17-13(19)9-5-1-3-7-11(9)21-22-12-8-4-2-6-10(12)14(20)18-16;;/h1-8H,15-16H2,(H,17,19)(H,18,20);2*1H. The molecule has 0 aliphatic rings. The molecule has 0 heterocycles. The van der Waals surface area contributed by atoms with E-state index in [-0.39, 0.29) is 36.6 Å². The van der Waals surface area contributed by atoms with Gasteiger partial charge in [-0.15, -0.1) is 24.8 Å². The van der Waals surface area contributed by atoms with Crippen LogP contribution in [-0.4, -0.2) is 11.8 Å². The number of carbonyl (C=O) groups is 2. The minimum Gasteiger partial charge on any atom is -0.290 e. The van der Waals surface area contributed by atoms with Crippen LogP contribution in [0.2, 0.25) is 0 Å². The van der Waals surface area contributed by atoms with Crippen LogP contribution in [0.5, 0.6) is 0 Å². The molecule has 0 saturated heterocycles. The summed E-state index contributed by atoms with van der Waals surface area (Å²) in [5, 5.41) is 0. The van der Waals surface area contributed by atoms with Crippen molar-refractivity contribution in [3.05, 3.63) is 59.7 Å². The first-order valence-electron chi connectivity index (χ1n) is 6.22. The topological polar surface area (TPSA) is 110 Å². The first-order valence-corrected chi connectivity index (χ1v) is 8.37. The van der Waals surface area contributed by atoms with Gasteiger partial charge in [-0.3, -0.25) is 20.4 Å². The Kier molecular flexibility index (Phi) is 10.5. The van der Waals surface area contributed by atoms with E-state index in [4.69, 9.17) is 11.7 Å². The monoisotopic (exact) mass is 406 g/mol. The van der Waals surface area contributed by atoms with Gasteiger partial charge in [0.2, 0.25) is 0 Å². The summed E-state index contributed by atoms with van der Waals surface area (Å²) in [5.41, 5.74) is 5.18. The van der Waals surface area contributed by atoms with Crippen molar-refractivity contribution in [3.63, 3.8) is 0 Å². The maximum absolute atomic E-state index is 11.7. The van der Waals surface area contributed by atoms with Crippen LogP contribution in [0.3, 0.4) is 0 Å². The number of nitrogens with one attached hydrogen (secondary N) is 2. The van der Waals surface area contributed by atoms with Gasteiger partial charge >= 0.3 is 0 Å². The predicted molar refractivity (Wildman–Crippen MR) is 102 cm³/mol. The SMILES string of the molecule is Cl.Cl.NNC(=O)c1ccccc1SSc1ccccc1C(=O)NN. The molecule has 0 aromatic heterocycles. The second-order valence-electron chi connectivity index (χ2n) is 4.11. The van der Waals surface area contributed by atoms with Gasteiger partial charge in [-0.05, 0) is 24.3 Å². The summed E-state index contributed by atoms with van der Waals surface area (Å²) in [6.07, 6.45) is 0. The minimum absolute atomic E-state index is 0. The Labute approximate surface area is 159 Å². The van der Waals surface area contributed by atoms with Crippen LogP contribution < -0.4 is 22.5 Å². The van der Waals surface area contributed by atoms with Crippen LogP contribution in [-0.2, 0) is 0 Å². The summed E-state index contributed by atoms with van der Waals surface area (Å²) < 4.78 is 0. The zero-order valence-corrected chi connectivity index (χ0v) is 15.5. The fourth-order valence-electron chi connectivity index (χ4n) is 1.70. The van der Waals surface area contributed by atoms with Crippen LogP contribution >= 0.6 is 46.4 Å². The molecule has 2 aromatic carbocycles. The normalized spacial score (nSPS) is 9.25. The molecule has 2 aromatic rings. The molecule has 0 bridgehead atoms. The van der Waals surface area contributed by atoms with Gasteiger partial charge in [0, 0.05) is 9.79 Å². The lowest BCUT2D eigenvalue weighted by molar-refractivity contribution is 0.0943. The number of halogens is 2. The molecule has 0 fully saturated rings. The Morgan fingerprint density at radius 2 is 1.04 bits per heavy atom. The van der Waals surface area contributed by atoms with Crippen molar-refractivity contribution >= 4 is 58.2 Å². The summed E-state index contributed by atoms with van der Waals surface area (Å²) in [6.45, 7) is 0. The molecule has 0 aliphatic carbocycles. The number of hydrazine groups is 2. The predicted octanol–water partition coefficient (Wildman–Crippen LogP) is 2.54. The van der Waals surface area contributed by atoms with Crippen LogP contribution in [0.25, 0.3) is 0 Å². The summed E-state index contributed by atoms with van der Waals surface area (Å²) in [7, 11) is 2.73. The van der Waals surface area contributed by atoms with Crippen molar-refractivity contribution in [3.8, 4) is 0 Å². The van der Waals surface area contributed by atoms with E-state index in [2.05, 4.69) is 10.9 Å². The molecular weight excluding hydrogens is 391 g/mol. The van der Waals surface area contributed by atoms with Crippen LogP contribution in [0, 0.1) is 0 Å². The summed E-state index contributed by atoms with van der Waals surface area (Å²) in [5.74, 6) is 9.63. The van der Waals surface area contributed by atoms with E-state index in [0.29, 0.717) is 11.1 Å². The number of carbonyl (C=O) groups excluding carboxylic acids is 2. The number of amides is 2. The Morgan fingerprint density at radius 3 is 1.38 bits per heavy atom. The van der Waals surface area contributed by atoms with Crippen molar-refractivity contribution in [1.82, 2.24) is 10.9 Å². The number of hydrogen-bond acceptors (Lipinski definition) is 6. The average molecular weight is 407 g/mol. The van der Waals surface area contributed by atoms with Gasteiger partial charge in [0.05, 0.1) is 11.1 Å². The Hall–Kier alpha value is -1.42. The number of nitrogen functional groups attached to an aromatic ring is 2. The molecule has 24 heavy (non-hydrogen) atoms. The zero-order chi connectivity index (χ0) is 15.9. The second-order valence-corrected chi connectivity index (χ2v) is 6.32. The molecule has 6 N–H and O–H groups in total. The fraction of sp³-hybridized carbons (Fsp3) is 0. The number of benzene rings is 2. The Morgan fingerprint density at radius 1 is 0.708 bits per heavy atom. The molecular formula is C14H16Cl2N4O2S2. The molecule has 0 spiro atoms. The lowest BCUT2D eigenvalue weighted by Gasteiger charge is -2.09. The molecule has 130 valence electrons. The van der Waals surface area contributed by atoms with E-state index in [1.165, 1.54) is 21.6 Å². The first-order chi connectivity index (χ1) is 10.7. The molecule has 6 nitrogen and oxygen atoms in total. The first kappa shape index (κ1) is 22.6. The maximum Gasteiger partial charge on any atom is 0.266 e. The number of hydrogen-bond donors (Lipinski definition) is 4. The van der Waals surface area contributed by atoms with E-state index in [1.54, 1.807) is 24.3 Å². The van der Waals surface area contributed by atoms with Gasteiger partial charge in [-0.25, -0.2) is 11.7 Å². The highest BCUT2D eigenvalue weighted by Gasteiger charge is 2.13. The second kappa shape index (κ2) is 11.2. The third kappa shape index (κ3) is 5.59. The largest absolute Gasteiger partial charge is 0.290 e. The average Bonchev–Trinajstić information content (AvgIpc) is 2.59. The van der Waals surface area contributed by atoms with Crippen LogP contribution in [0.15, 0.2) is 58.3 Å². The number of nitrogens with two attached hydrogens (primary N) is 2. The molecule has 0 aliphatic heterocycles. The zero-order valence-electron chi connectivity index (χ0n) is 12.2. The lowest BCUT2D eigenvalue weighted by Crippen LogP contribution is -2.30. The van der Waals surface area contributed by atoms with Crippen LogP contribution in [0.1, 0.15) is 20.7 Å². The smallest absolute Gasteiger partial charge is 0.266 e. The van der Waals surface area contributed by atoms with Crippen molar-refractivity contribution in [2.75, 3.05) is 0 Å². The van der Waals surface area contributed by atoms with Gasteiger partial charge in [0.15, 0.2) is 0 Å². The lowest BCUT2D eigenvalue weighted by atomic mass is 10.2. The summed E-state index contributed by atoms with van der Waals surface area (Å²) in [4.78, 5) is 25.0. The van der Waals surface area contributed by atoms with E-state index < -0.39 is 0 Å². The van der Waals surface area contributed by atoms with E-state index in [1.807, 2.05) is 24.3 Å². The van der Waals surface area contributed by atoms with Gasteiger partial charge in [-0.1, -0.05) is 45.9 Å². The third-order valence-corrected chi connectivity index (χ3v) is 5.23. The van der Waals surface area contributed by atoms with E-state index in [0.717, 1.165) is 9.79 Å². The summed E-state index contributed by atoms with van der Waals surface area (Å²) >= 11 is 0. The van der Waals surface area contributed by atoms with Crippen molar-refractivity contribution in [1.29, 1.82) is 0 Å². The molecule has 10 heteroatoms. The van der Waals surface area contributed by atoms with Gasteiger partial charge in [-0.2, -0.15) is 0 Å². The van der Waals surface area contributed by atoms with E-state index >= 15 is 0 Å². The minimum atomic E-state index is -0.364. The highest BCUT2D eigenvalue weighted by Crippen LogP contribution is 2.40. The summed E-state index contributed by atoms with van der Waals surface area (Å²) in [6, 6.07) is 14.2. The van der Waals surface area contributed by atoms with Crippen molar-refractivity contribution in [2.24, 2.45) is 11.7 Å². The van der Waals surface area contributed by atoms with Gasteiger partial charge in [0.25, 0.3) is 11.8 Å². The molecule has 0 unspecified atom stereocenters. The molecule has 2 amide bonds.